The van der Waals surface area contributed by atoms with Crippen LogP contribution < -0.4 is 0 Å². The first-order valence-corrected chi connectivity index (χ1v) is 5.85. The number of rotatable bonds is 4. The third-order valence-electron chi connectivity index (χ3n) is 2.79. The maximum atomic E-state index is 13.1. The van der Waals surface area contributed by atoms with E-state index in [9.17, 15) is 9.50 Å². The molecule has 0 aromatic heterocycles. The molecule has 0 fully saturated rings. The minimum atomic E-state index is -1.02. The number of methoxy groups -OCH3 is 1. The summed E-state index contributed by atoms with van der Waals surface area (Å²) >= 11 is 3.34. The molecule has 0 aliphatic heterocycles. The van der Waals surface area contributed by atoms with Crippen LogP contribution in [0.25, 0.3) is 0 Å². The summed E-state index contributed by atoms with van der Waals surface area (Å²) in [4.78, 5) is 0. The van der Waals surface area contributed by atoms with Crippen molar-refractivity contribution in [3.63, 3.8) is 0 Å². The molecule has 0 bridgehead atoms. The van der Waals surface area contributed by atoms with Crippen LogP contribution in [0.3, 0.4) is 0 Å². The molecule has 2 atom stereocenters. The molecule has 0 spiro atoms. The van der Waals surface area contributed by atoms with Crippen molar-refractivity contribution < 1.29 is 14.2 Å². The van der Waals surface area contributed by atoms with Crippen molar-refractivity contribution >= 4 is 15.9 Å². The van der Waals surface area contributed by atoms with Crippen LogP contribution >= 0.6 is 15.9 Å². The fourth-order valence-corrected chi connectivity index (χ4v) is 1.85. The van der Waals surface area contributed by atoms with Gasteiger partial charge < -0.3 is 9.84 Å². The lowest BCUT2D eigenvalue weighted by atomic mass is 9.92. The number of hydrogen-bond donors (Lipinski definition) is 1. The molecule has 1 N–H and O–H groups in total. The van der Waals surface area contributed by atoms with Crippen molar-refractivity contribution in [3.05, 3.63) is 34.1 Å². The van der Waals surface area contributed by atoms with Crippen LogP contribution in [0.5, 0.6) is 0 Å². The molecule has 2 unspecified atom stereocenters. The van der Waals surface area contributed by atoms with Gasteiger partial charge in [0.1, 0.15) is 5.82 Å². The SMILES string of the molecule is COC(C)C(C)(O)Cc1cc(F)ccc1Br. The molecule has 1 aromatic rings. The molecule has 0 amide bonds. The molecule has 4 heteroatoms. The van der Waals surface area contributed by atoms with Gasteiger partial charge in [-0.15, -0.1) is 0 Å². The van der Waals surface area contributed by atoms with Gasteiger partial charge in [0.25, 0.3) is 0 Å². The third-order valence-corrected chi connectivity index (χ3v) is 3.56. The minimum Gasteiger partial charge on any atom is -0.387 e. The zero-order chi connectivity index (χ0) is 12.3. The molecule has 16 heavy (non-hydrogen) atoms. The van der Waals surface area contributed by atoms with Crippen molar-refractivity contribution in [2.45, 2.75) is 32.0 Å². The van der Waals surface area contributed by atoms with E-state index < -0.39 is 5.60 Å². The zero-order valence-electron chi connectivity index (χ0n) is 9.63. The van der Waals surface area contributed by atoms with E-state index in [1.54, 1.807) is 27.0 Å². The van der Waals surface area contributed by atoms with Gasteiger partial charge >= 0.3 is 0 Å². The molecule has 2 nitrogen and oxygen atoms in total. The summed E-state index contributed by atoms with van der Waals surface area (Å²) in [6.45, 7) is 3.46. The highest BCUT2D eigenvalue weighted by Gasteiger charge is 2.29. The molecule has 90 valence electrons. The molecule has 0 radical (unpaired) electrons. The van der Waals surface area contributed by atoms with Gasteiger partial charge in [0.15, 0.2) is 0 Å². The maximum Gasteiger partial charge on any atom is 0.123 e. The van der Waals surface area contributed by atoms with E-state index >= 15 is 0 Å². The molecule has 1 rings (SSSR count). The second-order valence-electron chi connectivity index (χ2n) is 4.15. The molecular formula is C12H16BrFO2. The molecule has 0 saturated heterocycles. The fourth-order valence-electron chi connectivity index (χ4n) is 1.46. The molecule has 1 aromatic carbocycles. The van der Waals surface area contributed by atoms with Crippen LogP contribution in [0.4, 0.5) is 4.39 Å². The van der Waals surface area contributed by atoms with Crippen LogP contribution in [0.15, 0.2) is 22.7 Å². The number of benzene rings is 1. The lowest BCUT2D eigenvalue weighted by Gasteiger charge is -2.29. The van der Waals surface area contributed by atoms with E-state index in [0.717, 1.165) is 10.0 Å². The standard InChI is InChI=1S/C12H16BrFO2/c1-8(16-3)12(2,15)7-9-6-10(14)4-5-11(9)13/h4-6,8,15H,7H2,1-3H3. The normalized spacial score (nSPS) is 16.9. The van der Waals surface area contributed by atoms with Crippen LogP contribution in [0, 0.1) is 5.82 Å². The Morgan fingerprint density at radius 3 is 2.75 bits per heavy atom. The summed E-state index contributed by atoms with van der Waals surface area (Å²) in [7, 11) is 1.54. The predicted octanol–water partition coefficient (Wildman–Crippen LogP) is 2.92. The van der Waals surface area contributed by atoms with Crippen LogP contribution in [-0.2, 0) is 11.2 Å². The van der Waals surface area contributed by atoms with Crippen molar-refractivity contribution in [1.82, 2.24) is 0 Å². The maximum absolute atomic E-state index is 13.1. The second-order valence-corrected chi connectivity index (χ2v) is 5.00. The Balaban J connectivity index is 2.91. The van der Waals surface area contributed by atoms with Gasteiger partial charge in [-0.05, 0) is 37.6 Å². The van der Waals surface area contributed by atoms with Gasteiger partial charge in [-0.2, -0.15) is 0 Å². The molecule has 0 heterocycles. The summed E-state index contributed by atoms with van der Waals surface area (Å²) in [5, 5.41) is 10.2. The average molecular weight is 291 g/mol. The fraction of sp³-hybridized carbons (Fsp3) is 0.500. The lowest BCUT2D eigenvalue weighted by Crippen LogP contribution is -2.40. The van der Waals surface area contributed by atoms with Gasteiger partial charge in [0.2, 0.25) is 0 Å². The Labute approximate surface area is 104 Å². The van der Waals surface area contributed by atoms with Crippen LogP contribution in [0.2, 0.25) is 0 Å². The van der Waals surface area contributed by atoms with Gasteiger partial charge in [-0.25, -0.2) is 4.39 Å². The number of ether oxygens (including phenoxy) is 1. The predicted molar refractivity (Wildman–Crippen MR) is 64.9 cm³/mol. The molecule has 0 aliphatic carbocycles. The van der Waals surface area contributed by atoms with Crippen molar-refractivity contribution in [3.8, 4) is 0 Å². The largest absolute Gasteiger partial charge is 0.387 e. The Hall–Kier alpha value is -0.450. The minimum absolute atomic E-state index is 0.306. The van der Waals surface area contributed by atoms with Crippen LogP contribution in [0.1, 0.15) is 19.4 Å². The lowest BCUT2D eigenvalue weighted by molar-refractivity contribution is -0.0716. The van der Waals surface area contributed by atoms with Gasteiger partial charge in [0.05, 0.1) is 11.7 Å². The van der Waals surface area contributed by atoms with Gasteiger partial charge in [-0.3, -0.25) is 0 Å². The Bertz CT molecular complexity index is 366. The topological polar surface area (TPSA) is 29.5 Å². The number of hydrogen-bond acceptors (Lipinski definition) is 2. The zero-order valence-corrected chi connectivity index (χ0v) is 11.2. The van der Waals surface area contributed by atoms with Gasteiger partial charge in [0, 0.05) is 18.0 Å². The highest BCUT2D eigenvalue weighted by Crippen LogP contribution is 2.25. The summed E-state index contributed by atoms with van der Waals surface area (Å²) in [5.74, 6) is -0.306. The Morgan fingerprint density at radius 1 is 1.56 bits per heavy atom. The molecule has 0 aliphatic rings. The summed E-state index contributed by atoms with van der Waals surface area (Å²) in [6, 6.07) is 4.43. The van der Waals surface area contributed by atoms with E-state index in [1.165, 1.54) is 12.1 Å². The van der Waals surface area contributed by atoms with Crippen molar-refractivity contribution in [2.75, 3.05) is 7.11 Å². The molecular weight excluding hydrogens is 275 g/mol. The number of halogens is 2. The number of aliphatic hydroxyl groups is 1. The van der Waals surface area contributed by atoms with Gasteiger partial charge in [-0.1, -0.05) is 15.9 Å². The highest BCUT2D eigenvalue weighted by atomic mass is 79.9. The van der Waals surface area contributed by atoms with Crippen molar-refractivity contribution in [1.29, 1.82) is 0 Å². The third kappa shape index (κ3) is 3.27. The molecule has 0 saturated carbocycles. The van der Waals surface area contributed by atoms with E-state index in [2.05, 4.69) is 15.9 Å². The summed E-state index contributed by atoms with van der Waals surface area (Å²) < 4.78 is 19.0. The smallest absolute Gasteiger partial charge is 0.123 e. The summed E-state index contributed by atoms with van der Waals surface area (Å²) in [5.41, 5.74) is -0.292. The van der Waals surface area contributed by atoms with Crippen molar-refractivity contribution in [2.24, 2.45) is 0 Å². The first kappa shape index (κ1) is 13.6. The highest BCUT2D eigenvalue weighted by molar-refractivity contribution is 9.10. The first-order chi connectivity index (χ1) is 7.36. The second kappa shape index (κ2) is 5.25. The van der Waals surface area contributed by atoms with Crippen LogP contribution in [-0.4, -0.2) is 23.9 Å². The average Bonchev–Trinajstić information content (AvgIpc) is 2.22. The van der Waals surface area contributed by atoms with E-state index in [0.29, 0.717) is 6.42 Å². The Morgan fingerprint density at radius 2 is 2.19 bits per heavy atom. The quantitative estimate of drug-likeness (QED) is 0.924. The van der Waals surface area contributed by atoms with E-state index in [-0.39, 0.29) is 11.9 Å². The monoisotopic (exact) mass is 290 g/mol. The summed E-state index contributed by atoms with van der Waals surface area (Å²) in [6.07, 6.45) is 0.0167. The first-order valence-electron chi connectivity index (χ1n) is 5.06. The van der Waals surface area contributed by atoms with E-state index in [4.69, 9.17) is 4.74 Å². The van der Waals surface area contributed by atoms with E-state index in [1.807, 2.05) is 0 Å². The Kier molecular flexibility index (Phi) is 4.47.